The molecule has 0 radical (unpaired) electrons. The number of aromatic nitrogens is 2. The van der Waals surface area contributed by atoms with Crippen molar-refractivity contribution in [1.29, 1.82) is 0 Å². The maximum Gasteiger partial charge on any atom is 0.158 e. The lowest BCUT2D eigenvalue weighted by Crippen LogP contribution is -2.32. The number of nitrogens with zero attached hydrogens (tertiary/aromatic N) is 2. The van der Waals surface area contributed by atoms with E-state index in [1.54, 1.807) is 7.11 Å². The van der Waals surface area contributed by atoms with Crippen LogP contribution in [0.1, 0.15) is 38.9 Å². The van der Waals surface area contributed by atoms with Crippen molar-refractivity contribution in [3.8, 4) is 0 Å². The van der Waals surface area contributed by atoms with Crippen LogP contribution in [0.5, 0.6) is 0 Å². The number of hydrogen-bond acceptors (Lipinski definition) is 6. The third kappa shape index (κ3) is 4.82. The molecule has 21 heavy (non-hydrogen) atoms. The molecule has 1 aliphatic rings. The van der Waals surface area contributed by atoms with E-state index in [0.29, 0.717) is 12.4 Å². The fraction of sp³-hybridized carbons (Fsp3) is 0.733. The van der Waals surface area contributed by atoms with Gasteiger partial charge in [0.25, 0.3) is 0 Å². The summed E-state index contributed by atoms with van der Waals surface area (Å²) in [6, 6.07) is 1.94. The van der Waals surface area contributed by atoms with Gasteiger partial charge in [-0.3, -0.25) is 0 Å². The maximum atomic E-state index is 5.79. The normalized spacial score (nSPS) is 21.5. The van der Waals surface area contributed by atoms with Gasteiger partial charge in [0.05, 0.1) is 5.60 Å². The summed E-state index contributed by atoms with van der Waals surface area (Å²) in [6.07, 6.45) is 3.26. The zero-order valence-electron chi connectivity index (χ0n) is 13.2. The van der Waals surface area contributed by atoms with Crippen molar-refractivity contribution in [2.45, 2.75) is 45.3 Å². The summed E-state index contributed by atoms with van der Waals surface area (Å²) in [5.74, 6) is 2.32. The van der Waals surface area contributed by atoms with E-state index in [2.05, 4.69) is 34.4 Å². The highest BCUT2D eigenvalue weighted by atomic mass is 16.5. The molecule has 2 heterocycles. The van der Waals surface area contributed by atoms with E-state index in [0.717, 1.165) is 50.6 Å². The molecular weight excluding hydrogens is 268 g/mol. The van der Waals surface area contributed by atoms with Gasteiger partial charge in [-0.2, -0.15) is 0 Å². The highest BCUT2D eigenvalue weighted by Gasteiger charge is 2.29. The van der Waals surface area contributed by atoms with Gasteiger partial charge in [0, 0.05) is 32.9 Å². The first-order valence-electron chi connectivity index (χ1n) is 7.64. The lowest BCUT2D eigenvalue weighted by atomic mass is 10.0. The minimum atomic E-state index is -0.0939. The van der Waals surface area contributed by atoms with E-state index in [1.165, 1.54) is 0 Å². The van der Waals surface area contributed by atoms with Crippen molar-refractivity contribution in [2.24, 2.45) is 0 Å². The van der Waals surface area contributed by atoms with Gasteiger partial charge >= 0.3 is 0 Å². The van der Waals surface area contributed by atoms with Crippen LogP contribution in [0.4, 0.5) is 11.6 Å². The number of ether oxygens (including phenoxy) is 2. The van der Waals surface area contributed by atoms with Crippen molar-refractivity contribution in [3.63, 3.8) is 0 Å². The Bertz CT molecular complexity index is 447. The second kappa shape index (κ2) is 7.56. The molecule has 1 atom stereocenters. The zero-order chi connectivity index (χ0) is 15.1. The van der Waals surface area contributed by atoms with Crippen molar-refractivity contribution in [2.75, 3.05) is 37.4 Å². The molecule has 118 valence electrons. The second-order valence-corrected chi connectivity index (χ2v) is 5.67. The van der Waals surface area contributed by atoms with Crippen molar-refractivity contribution in [3.05, 3.63) is 11.9 Å². The minimum Gasteiger partial charge on any atom is -0.377 e. The number of hydrogen-bond donors (Lipinski definition) is 2. The number of methoxy groups -OCH3 is 1. The Morgan fingerprint density at radius 3 is 2.71 bits per heavy atom. The molecule has 1 aromatic rings. The number of nitrogens with one attached hydrogen (secondary N) is 2. The van der Waals surface area contributed by atoms with Crippen LogP contribution < -0.4 is 10.6 Å². The first-order chi connectivity index (χ1) is 10.1. The molecule has 1 aliphatic heterocycles. The van der Waals surface area contributed by atoms with Crippen LogP contribution >= 0.6 is 0 Å². The van der Waals surface area contributed by atoms with Crippen LogP contribution in [-0.2, 0) is 16.1 Å². The van der Waals surface area contributed by atoms with E-state index in [9.17, 15) is 0 Å². The largest absolute Gasteiger partial charge is 0.377 e. The van der Waals surface area contributed by atoms with Gasteiger partial charge in [-0.25, -0.2) is 9.97 Å². The van der Waals surface area contributed by atoms with Gasteiger partial charge in [-0.15, -0.1) is 0 Å². The van der Waals surface area contributed by atoms with E-state index >= 15 is 0 Å². The number of rotatable bonds is 8. The molecule has 0 spiro atoms. The molecule has 1 saturated heterocycles. The minimum absolute atomic E-state index is 0.0939. The molecule has 0 aromatic carbocycles. The van der Waals surface area contributed by atoms with Gasteiger partial charge in [0.1, 0.15) is 18.2 Å². The average molecular weight is 294 g/mol. The Labute approximate surface area is 126 Å². The molecule has 0 saturated carbocycles. The Morgan fingerprint density at radius 1 is 1.33 bits per heavy atom. The molecule has 2 rings (SSSR count). The van der Waals surface area contributed by atoms with E-state index in [4.69, 9.17) is 9.47 Å². The van der Waals surface area contributed by atoms with Crippen LogP contribution in [0, 0.1) is 0 Å². The smallest absolute Gasteiger partial charge is 0.158 e. The topological polar surface area (TPSA) is 68.3 Å². The summed E-state index contributed by atoms with van der Waals surface area (Å²) in [5, 5.41) is 6.66. The van der Waals surface area contributed by atoms with Crippen LogP contribution in [0.3, 0.4) is 0 Å². The van der Waals surface area contributed by atoms with Gasteiger partial charge < -0.3 is 20.1 Å². The van der Waals surface area contributed by atoms with E-state index < -0.39 is 0 Å². The van der Waals surface area contributed by atoms with Crippen LogP contribution in [0.2, 0.25) is 0 Å². The average Bonchev–Trinajstić information content (AvgIpc) is 2.91. The van der Waals surface area contributed by atoms with Gasteiger partial charge in [-0.1, -0.05) is 6.92 Å². The highest BCUT2D eigenvalue weighted by Crippen LogP contribution is 2.25. The zero-order valence-corrected chi connectivity index (χ0v) is 13.2. The Morgan fingerprint density at radius 2 is 2.10 bits per heavy atom. The Hall–Kier alpha value is -1.40. The molecule has 6 heteroatoms. The second-order valence-electron chi connectivity index (χ2n) is 5.67. The lowest BCUT2D eigenvalue weighted by molar-refractivity contribution is 0.0314. The third-order valence-electron chi connectivity index (χ3n) is 3.55. The SMILES string of the molecule is CCCNc1cc(NCC2(C)CCCO2)nc(COC)n1. The highest BCUT2D eigenvalue weighted by molar-refractivity contribution is 5.47. The summed E-state index contributed by atoms with van der Waals surface area (Å²) >= 11 is 0. The summed E-state index contributed by atoms with van der Waals surface area (Å²) in [7, 11) is 1.65. The van der Waals surface area contributed by atoms with Gasteiger partial charge in [0.15, 0.2) is 5.82 Å². The molecule has 0 bridgehead atoms. The lowest BCUT2D eigenvalue weighted by Gasteiger charge is -2.24. The Balaban J connectivity index is 2.03. The third-order valence-corrected chi connectivity index (χ3v) is 3.55. The van der Waals surface area contributed by atoms with Gasteiger partial charge in [-0.05, 0) is 26.2 Å². The Kier molecular flexibility index (Phi) is 5.76. The molecule has 0 aliphatic carbocycles. The molecule has 6 nitrogen and oxygen atoms in total. The predicted octanol–water partition coefficient (Wildman–Crippen LogP) is 2.43. The van der Waals surface area contributed by atoms with Crippen LogP contribution in [-0.4, -0.2) is 42.4 Å². The first-order valence-corrected chi connectivity index (χ1v) is 7.64. The monoisotopic (exact) mass is 294 g/mol. The molecule has 2 N–H and O–H groups in total. The maximum absolute atomic E-state index is 5.79. The summed E-state index contributed by atoms with van der Waals surface area (Å²) in [5.41, 5.74) is -0.0939. The fourth-order valence-corrected chi connectivity index (χ4v) is 2.38. The van der Waals surface area contributed by atoms with Crippen molar-refractivity contribution >= 4 is 11.6 Å². The van der Waals surface area contributed by atoms with Gasteiger partial charge in [0.2, 0.25) is 0 Å². The first kappa shape index (κ1) is 16.0. The predicted molar refractivity (Wildman–Crippen MR) is 83.6 cm³/mol. The fourth-order valence-electron chi connectivity index (χ4n) is 2.38. The molecular formula is C15H26N4O2. The molecule has 1 aromatic heterocycles. The summed E-state index contributed by atoms with van der Waals surface area (Å²) < 4.78 is 10.9. The summed E-state index contributed by atoms with van der Waals surface area (Å²) in [4.78, 5) is 8.92. The van der Waals surface area contributed by atoms with Crippen molar-refractivity contribution < 1.29 is 9.47 Å². The number of anilines is 2. The quantitative estimate of drug-likeness (QED) is 0.767. The van der Waals surface area contributed by atoms with Crippen molar-refractivity contribution in [1.82, 2.24) is 9.97 Å². The van der Waals surface area contributed by atoms with Crippen LogP contribution in [0.15, 0.2) is 6.07 Å². The van der Waals surface area contributed by atoms with Crippen LogP contribution in [0.25, 0.3) is 0 Å². The summed E-state index contributed by atoms with van der Waals surface area (Å²) in [6.45, 7) is 7.17. The van der Waals surface area contributed by atoms with E-state index in [1.807, 2.05) is 6.07 Å². The molecule has 0 amide bonds. The molecule has 1 fully saturated rings. The van der Waals surface area contributed by atoms with E-state index in [-0.39, 0.29) is 5.60 Å². The molecule has 1 unspecified atom stereocenters. The standard InChI is InChI=1S/C15H26N4O2/c1-4-7-16-12-9-13(19-14(18-12)10-20-3)17-11-15(2)6-5-8-21-15/h9H,4-8,10-11H2,1-3H3,(H2,16,17,18,19).